The number of hydrogen-bond acceptors (Lipinski definition) is 4. The molecule has 1 aromatic rings. The van der Waals surface area contributed by atoms with Crippen LogP contribution in [0.4, 0.5) is 8.78 Å². The molecular weight excluding hydrogens is 238 g/mol. The quantitative estimate of drug-likeness (QED) is 0.810. The molecule has 0 saturated carbocycles. The number of carboxylic acid groups (broad SMARTS) is 1. The Kier molecular flexibility index (Phi) is 3.71. The van der Waals surface area contributed by atoms with Gasteiger partial charge in [-0.1, -0.05) is 5.21 Å². The Bertz CT molecular complexity index is 444. The number of carbonyl (C=O) groups excluding carboxylic acids is 1. The summed E-state index contributed by atoms with van der Waals surface area (Å²) in [5.74, 6) is -2.10. The molecule has 0 unspecified atom stereocenters. The first-order valence-electron chi connectivity index (χ1n) is 4.49. The summed E-state index contributed by atoms with van der Waals surface area (Å²) in [5, 5.41) is 15.0. The second-order valence-corrected chi connectivity index (χ2v) is 3.37. The van der Waals surface area contributed by atoms with E-state index < -0.39 is 36.2 Å². The van der Waals surface area contributed by atoms with Crippen molar-refractivity contribution in [1.29, 1.82) is 0 Å². The topological polar surface area (TPSA) is 88.3 Å². The van der Waals surface area contributed by atoms with E-state index in [0.29, 0.717) is 4.68 Å². The van der Waals surface area contributed by atoms with Gasteiger partial charge in [-0.15, -0.1) is 5.10 Å². The van der Waals surface area contributed by atoms with Crippen molar-refractivity contribution in [2.24, 2.45) is 0 Å². The molecule has 0 aliphatic rings. The van der Waals surface area contributed by atoms with Crippen LogP contribution < -0.4 is 0 Å². The normalized spacial score (nSPS) is 10.6. The second kappa shape index (κ2) is 4.85. The Balaban J connectivity index is 3.09. The van der Waals surface area contributed by atoms with Crippen molar-refractivity contribution < 1.29 is 23.5 Å². The smallest absolute Gasteiger partial charge is 0.358 e. The van der Waals surface area contributed by atoms with Crippen LogP contribution in [-0.4, -0.2) is 51.0 Å². The highest BCUT2D eigenvalue weighted by molar-refractivity contribution is 5.86. The fourth-order valence-corrected chi connectivity index (χ4v) is 1.08. The zero-order valence-electron chi connectivity index (χ0n) is 9.09. The van der Waals surface area contributed by atoms with Crippen molar-refractivity contribution >= 4 is 11.9 Å². The second-order valence-electron chi connectivity index (χ2n) is 3.37. The number of hydrogen-bond donors (Lipinski definition) is 1. The average molecular weight is 248 g/mol. The van der Waals surface area contributed by atoms with E-state index in [2.05, 4.69) is 10.3 Å². The number of likely N-dealkylation sites (N-methyl/N-ethyl adjacent to an activating group) is 1. The van der Waals surface area contributed by atoms with Crippen molar-refractivity contribution in [3.8, 4) is 0 Å². The number of alkyl halides is 2. The van der Waals surface area contributed by atoms with Gasteiger partial charge < -0.3 is 10.0 Å². The summed E-state index contributed by atoms with van der Waals surface area (Å²) < 4.78 is 25.9. The average Bonchev–Trinajstić information content (AvgIpc) is 2.61. The minimum absolute atomic E-state index is 0.479. The fourth-order valence-electron chi connectivity index (χ4n) is 1.08. The summed E-state index contributed by atoms with van der Waals surface area (Å²) in [7, 11) is 2.89. The van der Waals surface area contributed by atoms with E-state index in [0.717, 1.165) is 0 Å². The van der Waals surface area contributed by atoms with Crippen LogP contribution in [0.3, 0.4) is 0 Å². The van der Waals surface area contributed by atoms with Crippen LogP contribution in [-0.2, 0) is 11.3 Å². The number of rotatable bonds is 4. The first-order valence-corrected chi connectivity index (χ1v) is 4.49. The van der Waals surface area contributed by atoms with Gasteiger partial charge in [0.15, 0.2) is 5.69 Å². The van der Waals surface area contributed by atoms with E-state index >= 15 is 0 Å². The highest BCUT2D eigenvalue weighted by atomic mass is 19.3. The summed E-state index contributed by atoms with van der Waals surface area (Å²) in [4.78, 5) is 23.1. The fraction of sp³-hybridized carbons (Fsp3) is 0.500. The lowest BCUT2D eigenvalue weighted by atomic mass is 10.3. The third-order valence-electron chi connectivity index (χ3n) is 1.97. The largest absolute Gasteiger partial charge is 0.476 e. The van der Waals surface area contributed by atoms with Gasteiger partial charge in [-0.05, 0) is 0 Å². The number of carboxylic acids is 1. The lowest BCUT2D eigenvalue weighted by molar-refractivity contribution is -0.129. The predicted molar refractivity (Wildman–Crippen MR) is 50.6 cm³/mol. The van der Waals surface area contributed by atoms with Crippen molar-refractivity contribution in [1.82, 2.24) is 19.9 Å². The zero-order valence-corrected chi connectivity index (χ0v) is 9.09. The van der Waals surface area contributed by atoms with Crippen LogP contribution in [0.25, 0.3) is 0 Å². The lowest BCUT2D eigenvalue weighted by Gasteiger charge is -2.11. The Hall–Kier alpha value is -2.06. The first kappa shape index (κ1) is 13.0. The molecule has 1 aromatic heterocycles. The molecule has 9 heteroatoms. The SMILES string of the molecule is CN(C)C(=O)Cn1nnc(C(=O)O)c1C(F)F. The molecule has 17 heavy (non-hydrogen) atoms. The maximum atomic E-state index is 12.6. The summed E-state index contributed by atoms with van der Waals surface area (Å²) in [6.45, 7) is -0.479. The first-order chi connectivity index (χ1) is 7.84. The van der Waals surface area contributed by atoms with Gasteiger partial charge in [-0.2, -0.15) is 0 Å². The molecule has 0 aliphatic heterocycles. The van der Waals surface area contributed by atoms with Gasteiger partial charge >= 0.3 is 5.97 Å². The Morgan fingerprint density at radius 2 is 2.06 bits per heavy atom. The molecule has 0 saturated heterocycles. The molecule has 0 bridgehead atoms. The molecule has 94 valence electrons. The number of nitrogens with zero attached hydrogens (tertiary/aromatic N) is 4. The van der Waals surface area contributed by atoms with Crippen molar-refractivity contribution in [2.45, 2.75) is 13.0 Å². The number of aromatic nitrogens is 3. The summed E-state index contributed by atoms with van der Waals surface area (Å²) in [6, 6.07) is 0. The van der Waals surface area contributed by atoms with Gasteiger partial charge in [0.05, 0.1) is 0 Å². The Morgan fingerprint density at radius 1 is 1.47 bits per heavy atom. The molecule has 0 radical (unpaired) electrons. The van der Waals surface area contributed by atoms with Crippen LogP contribution in [0.1, 0.15) is 22.6 Å². The predicted octanol–water partition coefficient (Wildman–Crippen LogP) is 0.00210. The number of halogens is 2. The molecule has 0 atom stereocenters. The number of aromatic carboxylic acids is 1. The van der Waals surface area contributed by atoms with E-state index in [-0.39, 0.29) is 0 Å². The third-order valence-corrected chi connectivity index (χ3v) is 1.97. The highest BCUT2D eigenvalue weighted by Gasteiger charge is 2.27. The number of carbonyl (C=O) groups is 2. The zero-order chi connectivity index (χ0) is 13.2. The molecule has 1 heterocycles. The van der Waals surface area contributed by atoms with Gasteiger partial charge in [-0.3, -0.25) is 4.79 Å². The molecule has 1 N–H and O–H groups in total. The molecule has 0 aromatic carbocycles. The molecule has 0 spiro atoms. The molecule has 0 aliphatic carbocycles. The summed E-state index contributed by atoms with van der Waals surface area (Å²) in [5.41, 5.74) is -1.71. The Morgan fingerprint density at radius 3 is 2.47 bits per heavy atom. The summed E-state index contributed by atoms with van der Waals surface area (Å²) in [6.07, 6.45) is -3.06. The summed E-state index contributed by atoms with van der Waals surface area (Å²) >= 11 is 0. The van der Waals surface area contributed by atoms with Gasteiger partial charge in [-0.25, -0.2) is 18.3 Å². The van der Waals surface area contributed by atoms with Crippen LogP contribution >= 0.6 is 0 Å². The minimum Gasteiger partial charge on any atom is -0.476 e. The van der Waals surface area contributed by atoms with Crippen molar-refractivity contribution in [3.05, 3.63) is 11.4 Å². The van der Waals surface area contributed by atoms with E-state index in [1.807, 2.05) is 0 Å². The van der Waals surface area contributed by atoms with E-state index in [4.69, 9.17) is 5.11 Å². The number of amides is 1. The van der Waals surface area contributed by atoms with Crippen LogP contribution in [0, 0.1) is 0 Å². The molecule has 1 amide bonds. The van der Waals surface area contributed by atoms with E-state index in [1.54, 1.807) is 0 Å². The molecular formula is C8H10F2N4O3. The van der Waals surface area contributed by atoms with E-state index in [9.17, 15) is 18.4 Å². The van der Waals surface area contributed by atoms with Crippen molar-refractivity contribution in [2.75, 3.05) is 14.1 Å². The molecule has 0 fully saturated rings. The monoisotopic (exact) mass is 248 g/mol. The lowest BCUT2D eigenvalue weighted by Crippen LogP contribution is -2.27. The van der Waals surface area contributed by atoms with Gasteiger partial charge in [0.2, 0.25) is 5.91 Å². The van der Waals surface area contributed by atoms with Crippen molar-refractivity contribution in [3.63, 3.8) is 0 Å². The highest BCUT2D eigenvalue weighted by Crippen LogP contribution is 2.21. The molecule has 1 rings (SSSR count). The van der Waals surface area contributed by atoms with Gasteiger partial charge in [0, 0.05) is 14.1 Å². The van der Waals surface area contributed by atoms with E-state index in [1.165, 1.54) is 19.0 Å². The van der Waals surface area contributed by atoms with Crippen LogP contribution in [0.15, 0.2) is 0 Å². The Labute approximate surface area is 94.6 Å². The van der Waals surface area contributed by atoms with Gasteiger partial charge in [0.25, 0.3) is 6.43 Å². The maximum absolute atomic E-state index is 12.6. The maximum Gasteiger partial charge on any atom is 0.358 e. The van der Waals surface area contributed by atoms with Crippen LogP contribution in [0.2, 0.25) is 0 Å². The minimum atomic E-state index is -3.06. The molecule has 7 nitrogen and oxygen atoms in total. The standard InChI is InChI=1S/C8H10F2N4O3/c1-13(2)4(15)3-14-6(7(9)10)5(8(16)17)11-12-14/h7H,3H2,1-2H3,(H,16,17). The third kappa shape index (κ3) is 2.74. The van der Waals surface area contributed by atoms with Gasteiger partial charge in [0.1, 0.15) is 12.2 Å². The van der Waals surface area contributed by atoms with Crippen LogP contribution in [0.5, 0.6) is 0 Å².